The minimum atomic E-state index is -4.85. The molecule has 0 aliphatic carbocycles. The van der Waals surface area contributed by atoms with Gasteiger partial charge >= 0.3 is 12.4 Å². The van der Waals surface area contributed by atoms with Gasteiger partial charge in [-0.25, -0.2) is 0 Å². The van der Waals surface area contributed by atoms with E-state index in [2.05, 4.69) is 0 Å². The van der Waals surface area contributed by atoms with Crippen LogP contribution in [-0.4, -0.2) is 12.7 Å². The second-order valence-electron chi connectivity index (χ2n) is 5.32. The zero-order valence-corrected chi connectivity index (χ0v) is 12.9. The highest BCUT2D eigenvalue weighted by Crippen LogP contribution is 2.35. The number of halogens is 6. The molecule has 0 aliphatic heterocycles. The van der Waals surface area contributed by atoms with Crippen molar-refractivity contribution in [1.29, 1.82) is 5.26 Å². The van der Waals surface area contributed by atoms with Crippen molar-refractivity contribution in [2.24, 2.45) is 0 Å². The first-order chi connectivity index (χ1) is 11.5. The van der Waals surface area contributed by atoms with Crippen molar-refractivity contribution in [2.45, 2.75) is 25.8 Å². The van der Waals surface area contributed by atoms with E-state index < -0.39 is 30.0 Å². The van der Waals surface area contributed by atoms with E-state index in [4.69, 9.17) is 9.68 Å². The number of nitrogens with zero attached hydrogens (tertiary/aromatic N) is 2. The molecule has 0 amide bonds. The fraction of sp³-hybridized carbons (Fsp3) is 0.312. The van der Waals surface area contributed by atoms with Crippen LogP contribution in [0.1, 0.15) is 22.6 Å². The molecule has 0 atom stereocenters. The molecule has 25 heavy (non-hydrogen) atoms. The van der Waals surface area contributed by atoms with Gasteiger partial charge in [0.15, 0.2) is 0 Å². The van der Waals surface area contributed by atoms with E-state index in [-0.39, 0.29) is 18.0 Å². The van der Waals surface area contributed by atoms with Gasteiger partial charge in [-0.05, 0) is 37.3 Å². The highest BCUT2D eigenvalue weighted by molar-refractivity contribution is 5.55. The maximum absolute atomic E-state index is 13.0. The minimum Gasteiger partial charge on any atom is -0.464 e. The zero-order chi connectivity index (χ0) is 18.8. The van der Waals surface area contributed by atoms with Crippen molar-refractivity contribution in [3.8, 4) is 6.07 Å². The molecule has 1 aromatic heterocycles. The molecule has 3 nitrogen and oxygen atoms in total. The summed E-state index contributed by atoms with van der Waals surface area (Å²) in [6.07, 6.45) is -9.49. The zero-order valence-electron chi connectivity index (χ0n) is 12.9. The lowest BCUT2D eigenvalue weighted by Crippen LogP contribution is -2.34. The van der Waals surface area contributed by atoms with Crippen LogP contribution in [0.5, 0.6) is 0 Å². The molecule has 0 fully saturated rings. The number of anilines is 1. The van der Waals surface area contributed by atoms with Crippen molar-refractivity contribution in [1.82, 2.24) is 0 Å². The van der Waals surface area contributed by atoms with E-state index in [0.29, 0.717) is 16.7 Å². The number of furan rings is 1. The summed E-state index contributed by atoms with van der Waals surface area (Å²) in [4.78, 5) is 0.717. The molecule has 0 bridgehead atoms. The fourth-order valence-electron chi connectivity index (χ4n) is 2.27. The highest BCUT2D eigenvalue weighted by Gasteiger charge is 2.36. The Labute approximate surface area is 139 Å². The molecule has 2 aromatic rings. The average Bonchev–Trinajstić information content (AvgIpc) is 2.89. The molecule has 0 saturated carbocycles. The van der Waals surface area contributed by atoms with Crippen LogP contribution in [0.25, 0.3) is 0 Å². The van der Waals surface area contributed by atoms with Crippen LogP contribution >= 0.6 is 0 Å². The molecule has 1 heterocycles. The van der Waals surface area contributed by atoms with Crippen LogP contribution in [0.3, 0.4) is 0 Å². The van der Waals surface area contributed by atoms with Crippen LogP contribution in [0.15, 0.2) is 34.7 Å². The molecule has 1 aromatic carbocycles. The Balaban J connectivity index is 2.44. The summed E-state index contributed by atoms with van der Waals surface area (Å²) in [5.41, 5.74) is -2.25. The topological polar surface area (TPSA) is 40.2 Å². The van der Waals surface area contributed by atoms with E-state index in [1.54, 1.807) is 13.0 Å². The normalized spacial score (nSPS) is 12.1. The van der Waals surface area contributed by atoms with Crippen molar-refractivity contribution in [2.75, 3.05) is 11.4 Å². The van der Waals surface area contributed by atoms with Crippen LogP contribution in [0.2, 0.25) is 0 Å². The van der Waals surface area contributed by atoms with Gasteiger partial charge in [0.05, 0.1) is 23.7 Å². The third-order valence-corrected chi connectivity index (χ3v) is 3.31. The van der Waals surface area contributed by atoms with Gasteiger partial charge in [0.1, 0.15) is 18.1 Å². The fourth-order valence-corrected chi connectivity index (χ4v) is 2.27. The molecule has 2 rings (SSSR count). The van der Waals surface area contributed by atoms with E-state index in [1.807, 2.05) is 0 Å². The summed E-state index contributed by atoms with van der Waals surface area (Å²) < 4.78 is 82.8. The quantitative estimate of drug-likeness (QED) is 0.715. The Morgan fingerprint density at radius 1 is 1.08 bits per heavy atom. The Morgan fingerprint density at radius 3 is 2.24 bits per heavy atom. The first-order valence-corrected chi connectivity index (χ1v) is 6.98. The lowest BCUT2D eigenvalue weighted by molar-refractivity contribution is -0.137. The predicted octanol–water partition coefficient (Wildman–Crippen LogP) is 5.05. The summed E-state index contributed by atoms with van der Waals surface area (Å²) >= 11 is 0. The van der Waals surface area contributed by atoms with Gasteiger partial charge in [-0.2, -0.15) is 31.6 Å². The molecule has 0 N–H and O–H groups in total. The van der Waals surface area contributed by atoms with Gasteiger partial charge < -0.3 is 9.32 Å². The highest BCUT2D eigenvalue weighted by atomic mass is 19.4. The number of hydrogen-bond acceptors (Lipinski definition) is 3. The maximum atomic E-state index is 13.0. The van der Waals surface area contributed by atoms with Gasteiger partial charge in [0, 0.05) is 5.69 Å². The number of benzene rings is 1. The molecular formula is C16H12F6N2O. The molecule has 0 radical (unpaired) electrons. The first kappa shape index (κ1) is 18.7. The summed E-state index contributed by atoms with van der Waals surface area (Å²) in [5.74, 6) is 0.650. The number of hydrogen-bond donors (Lipinski definition) is 0. The lowest BCUT2D eigenvalue weighted by atomic mass is 10.1. The molecule has 0 unspecified atom stereocenters. The van der Waals surface area contributed by atoms with Crippen LogP contribution in [-0.2, 0) is 12.7 Å². The van der Waals surface area contributed by atoms with E-state index in [1.165, 1.54) is 12.1 Å². The summed E-state index contributed by atoms with van der Waals surface area (Å²) in [7, 11) is 0. The molecule has 0 saturated heterocycles. The smallest absolute Gasteiger partial charge is 0.417 e. The monoisotopic (exact) mass is 362 g/mol. The molecule has 134 valence electrons. The van der Waals surface area contributed by atoms with Crippen molar-refractivity contribution in [3.05, 3.63) is 53.0 Å². The van der Waals surface area contributed by atoms with E-state index in [9.17, 15) is 26.3 Å². The predicted molar refractivity (Wildman–Crippen MR) is 76.7 cm³/mol. The molecule has 0 aliphatic rings. The summed E-state index contributed by atoms with van der Waals surface area (Å²) in [5, 5.41) is 8.78. The van der Waals surface area contributed by atoms with Crippen molar-refractivity contribution in [3.63, 3.8) is 0 Å². The van der Waals surface area contributed by atoms with Gasteiger partial charge in [-0.15, -0.1) is 0 Å². The number of aryl methyl sites for hydroxylation is 1. The Morgan fingerprint density at radius 2 is 1.76 bits per heavy atom. The second-order valence-corrected chi connectivity index (χ2v) is 5.32. The van der Waals surface area contributed by atoms with Gasteiger partial charge in [-0.1, -0.05) is 0 Å². The first-order valence-electron chi connectivity index (χ1n) is 6.98. The maximum Gasteiger partial charge on any atom is 0.417 e. The van der Waals surface area contributed by atoms with E-state index >= 15 is 0 Å². The summed E-state index contributed by atoms with van der Waals surface area (Å²) in [6, 6.07) is 6.83. The molecule has 9 heteroatoms. The third kappa shape index (κ3) is 4.92. The largest absolute Gasteiger partial charge is 0.464 e. The summed E-state index contributed by atoms with van der Waals surface area (Å²) in [6.45, 7) is -0.229. The van der Waals surface area contributed by atoms with Crippen LogP contribution < -0.4 is 4.90 Å². The van der Waals surface area contributed by atoms with E-state index in [0.717, 1.165) is 12.1 Å². The standard InChI is InChI=1S/C16H12F6N2O/c1-10-2-5-13(25-10)8-24(9-15(17,18)19)12-4-3-11(7-23)14(6-12)16(20,21)22/h2-6H,8-9H2,1H3. The van der Waals surface area contributed by atoms with Gasteiger partial charge in [0.25, 0.3) is 0 Å². The van der Waals surface area contributed by atoms with Gasteiger partial charge in [-0.3, -0.25) is 0 Å². The van der Waals surface area contributed by atoms with Crippen LogP contribution in [0, 0.1) is 18.3 Å². The average molecular weight is 362 g/mol. The van der Waals surface area contributed by atoms with Crippen molar-refractivity contribution < 1.29 is 30.8 Å². The lowest BCUT2D eigenvalue weighted by Gasteiger charge is -2.26. The Bertz CT molecular complexity index is 785. The van der Waals surface area contributed by atoms with Crippen LogP contribution in [0.4, 0.5) is 32.0 Å². The van der Waals surface area contributed by atoms with Crippen molar-refractivity contribution >= 4 is 5.69 Å². The number of alkyl halides is 6. The third-order valence-electron chi connectivity index (χ3n) is 3.31. The second kappa shape index (κ2) is 6.70. The Hall–Kier alpha value is -2.63. The van der Waals surface area contributed by atoms with Gasteiger partial charge in [0.2, 0.25) is 0 Å². The molecular weight excluding hydrogens is 350 g/mol. The minimum absolute atomic E-state index is 0.180. The SMILES string of the molecule is Cc1ccc(CN(CC(F)(F)F)c2ccc(C#N)c(C(F)(F)F)c2)o1. The molecule has 0 spiro atoms. The number of rotatable bonds is 4. The number of nitriles is 1. The Kier molecular flexibility index (Phi) is 5.02.